The Hall–Kier alpha value is -2.51. The number of para-hydroxylation sites is 3. The van der Waals surface area contributed by atoms with Gasteiger partial charge < -0.3 is 9.05 Å². The molecule has 0 N–H and O–H groups in total. The highest BCUT2D eigenvalue weighted by molar-refractivity contribution is 7.50. The van der Waals surface area contributed by atoms with Crippen molar-refractivity contribution in [1.29, 1.82) is 0 Å². The van der Waals surface area contributed by atoms with Crippen molar-refractivity contribution in [3.05, 3.63) is 90.5 Å². The molecule has 1 aliphatic heterocycles. The van der Waals surface area contributed by atoms with Crippen LogP contribution < -0.4 is 13.7 Å². The van der Waals surface area contributed by atoms with Crippen LogP contribution in [0.4, 0.5) is 5.69 Å². The molecular weight excluding hydrogens is 329 g/mol. The Kier molecular flexibility index (Phi) is 4.85. The van der Waals surface area contributed by atoms with E-state index in [0.717, 1.165) is 30.9 Å². The zero-order valence-electron chi connectivity index (χ0n) is 13.9. The molecule has 0 fully saturated rings. The molecule has 3 nitrogen and oxygen atoms in total. The van der Waals surface area contributed by atoms with Crippen LogP contribution in [0.5, 0.6) is 11.5 Å². The molecule has 0 aromatic heterocycles. The third kappa shape index (κ3) is 3.78. The molecular formula is C21H20NO2P. The normalized spacial score (nSPS) is 13.4. The summed E-state index contributed by atoms with van der Waals surface area (Å²) < 4.78 is 14.8. The van der Waals surface area contributed by atoms with Gasteiger partial charge in [-0.1, -0.05) is 54.6 Å². The van der Waals surface area contributed by atoms with E-state index < -0.39 is 8.53 Å². The second kappa shape index (κ2) is 7.58. The van der Waals surface area contributed by atoms with Gasteiger partial charge in [0.05, 0.1) is 0 Å². The molecule has 3 aromatic rings. The number of nitrogens with zero attached hydrogens (tertiary/aromatic N) is 1. The molecule has 0 unspecified atom stereocenters. The van der Waals surface area contributed by atoms with Crippen LogP contribution in [0.25, 0.3) is 0 Å². The molecule has 0 amide bonds. The topological polar surface area (TPSA) is 21.7 Å². The lowest BCUT2D eigenvalue weighted by Gasteiger charge is -2.34. The largest absolute Gasteiger partial charge is 0.423 e. The Morgan fingerprint density at radius 3 is 1.88 bits per heavy atom. The maximum atomic E-state index is 6.28. The molecule has 126 valence electrons. The van der Waals surface area contributed by atoms with Gasteiger partial charge in [-0.2, -0.15) is 0 Å². The molecule has 0 aliphatic carbocycles. The first kappa shape index (κ1) is 16.0. The number of rotatable bonds is 5. The van der Waals surface area contributed by atoms with Crippen LogP contribution in [0.15, 0.2) is 84.9 Å². The molecule has 0 atom stereocenters. The number of fused-ring (bicyclic) bond motifs is 1. The fraction of sp³-hybridized carbons (Fsp3) is 0.143. The summed E-state index contributed by atoms with van der Waals surface area (Å²) in [6.45, 7) is 0.933. The summed E-state index contributed by atoms with van der Waals surface area (Å²) in [5, 5.41) is 0. The third-order valence-corrected chi connectivity index (χ3v) is 5.68. The summed E-state index contributed by atoms with van der Waals surface area (Å²) in [4.78, 5) is 0. The maximum absolute atomic E-state index is 6.28. The number of benzene rings is 3. The van der Waals surface area contributed by atoms with Gasteiger partial charge in [-0.05, 0) is 48.7 Å². The van der Waals surface area contributed by atoms with Gasteiger partial charge in [0.2, 0.25) is 0 Å². The molecule has 0 radical (unpaired) electrons. The van der Waals surface area contributed by atoms with Crippen molar-refractivity contribution in [2.24, 2.45) is 0 Å². The van der Waals surface area contributed by atoms with Crippen LogP contribution in [0, 0.1) is 0 Å². The third-order valence-electron chi connectivity index (χ3n) is 4.14. The van der Waals surface area contributed by atoms with E-state index in [2.05, 4.69) is 28.9 Å². The average Bonchev–Trinajstić information content (AvgIpc) is 2.69. The molecule has 4 rings (SSSR count). The molecule has 0 saturated carbocycles. The Morgan fingerprint density at radius 2 is 1.24 bits per heavy atom. The van der Waals surface area contributed by atoms with E-state index in [1.54, 1.807) is 0 Å². The Morgan fingerprint density at radius 1 is 0.680 bits per heavy atom. The highest BCUT2D eigenvalue weighted by Gasteiger charge is 2.29. The Balaban J connectivity index is 1.65. The highest BCUT2D eigenvalue weighted by atomic mass is 31.2. The zero-order chi connectivity index (χ0) is 16.9. The van der Waals surface area contributed by atoms with Crippen molar-refractivity contribution in [2.75, 3.05) is 11.2 Å². The fourth-order valence-corrected chi connectivity index (χ4v) is 4.46. The first-order valence-corrected chi connectivity index (χ1v) is 9.65. The van der Waals surface area contributed by atoms with E-state index in [4.69, 9.17) is 9.05 Å². The first-order chi connectivity index (χ1) is 12.4. The number of aryl methyl sites for hydroxylation is 1. The Bertz CT molecular complexity index is 769. The van der Waals surface area contributed by atoms with Crippen molar-refractivity contribution in [1.82, 2.24) is 0 Å². The Labute approximate surface area is 149 Å². The van der Waals surface area contributed by atoms with Crippen LogP contribution in [0.3, 0.4) is 0 Å². The van der Waals surface area contributed by atoms with Crippen molar-refractivity contribution in [3.63, 3.8) is 0 Å². The zero-order valence-corrected chi connectivity index (χ0v) is 14.8. The van der Waals surface area contributed by atoms with Crippen LogP contribution in [-0.2, 0) is 6.42 Å². The van der Waals surface area contributed by atoms with Gasteiger partial charge >= 0.3 is 8.53 Å². The van der Waals surface area contributed by atoms with Crippen LogP contribution in [0.1, 0.15) is 12.0 Å². The lowest BCUT2D eigenvalue weighted by Crippen LogP contribution is -2.28. The van der Waals surface area contributed by atoms with Crippen molar-refractivity contribution < 1.29 is 9.05 Å². The van der Waals surface area contributed by atoms with Gasteiger partial charge in [0.15, 0.2) is 0 Å². The smallest absolute Gasteiger partial charge is 0.417 e. The quantitative estimate of drug-likeness (QED) is 0.541. The van der Waals surface area contributed by atoms with E-state index in [-0.39, 0.29) is 0 Å². The van der Waals surface area contributed by atoms with Crippen LogP contribution in [0.2, 0.25) is 0 Å². The lowest BCUT2D eigenvalue weighted by molar-refractivity contribution is 0.481. The standard InChI is InChI=1S/C21H20NO2P/c1-3-12-19(13-4-1)23-25(24-20-14-5-2-6-15-20)22-17-9-11-18-10-7-8-16-21(18)22/h1-8,10,12-16H,9,11,17H2. The predicted molar refractivity (Wildman–Crippen MR) is 103 cm³/mol. The summed E-state index contributed by atoms with van der Waals surface area (Å²) in [5.74, 6) is 1.65. The van der Waals surface area contributed by atoms with E-state index in [1.165, 1.54) is 11.3 Å². The summed E-state index contributed by atoms with van der Waals surface area (Å²) in [6, 6.07) is 28.3. The first-order valence-electron chi connectivity index (χ1n) is 8.52. The van der Waals surface area contributed by atoms with Gasteiger partial charge in [0, 0.05) is 12.2 Å². The van der Waals surface area contributed by atoms with E-state index >= 15 is 0 Å². The summed E-state index contributed by atoms with van der Waals surface area (Å²) in [7, 11) is -1.28. The summed E-state index contributed by atoms with van der Waals surface area (Å²) >= 11 is 0. The minimum atomic E-state index is -1.28. The van der Waals surface area contributed by atoms with Crippen molar-refractivity contribution >= 4 is 14.2 Å². The van der Waals surface area contributed by atoms with E-state index in [1.807, 2.05) is 60.7 Å². The van der Waals surface area contributed by atoms with Crippen molar-refractivity contribution in [3.8, 4) is 11.5 Å². The van der Waals surface area contributed by atoms with Gasteiger partial charge in [-0.15, -0.1) is 0 Å². The molecule has 0 saturated heterocycles. The molecule has 1 heterocycles. The van der Waals surface area contributed by atoms with Crippen LogP contribution in [-0.4, -0.2) is 6.54 Å². The van der Waals surface area contributed by atoms with Gasteiger partial charge in [0.25, 0.3) is 0 Å². The van der Waals surface area contributed by atoms with Crippen molar-refractivity contribution in [2.45, 2.75) is 12.8 Å². The second-order valence-corrected chi connectivity index (χ2v) is 7.23. The van der Waals surface area contributed by atoms with Crippen LogP contribution >= 0.6 is 8.53 Å². The molecule has 4 heteroatoms. The van der Waals surface area contributed by atoms with Gasteiger partial charge in [-0.25, -0.2) is 0 Å². The minimum Gasteiger partial charge on any atom is -0.423 e. The molecule has 3 aromatic carbocycles. The second-order valence-electron chi connectivity index (χ2n) is 5.90. The summed E-state index contributed by atoms with van der Waals surface area (Å²) in [5.41, 5.74) is 2.57. The minimum absolute atomic E-state index is 0.826. The van der Waals surface area contributed by atoms with E-state index in [0.29, 0.717) is 0 Å². The monoisotopic (exact) mass is 349 g/mol. The maximum Gasteiger partial charge on any atom is 0.417 e. The predicted octanol–water partition coefficient (Wildman–Crippen LogP) is 5.82. The van der Waals surface area contributed by atoms with E-state index in [9.17, 15) is 0 Å². The van der Waals surface area contributed by atoms with Gasteiger partial charge in [0.1, 0.15) is 11.5 Å². The molecule has 1 aliphatic rings. The molecule has 0 bridgehead atoms. The highest BCUT2D eigenvalue weighted by Crippen LogP contribution is 2.48. The SMILES string of the molecule is c1ccc(OP(Oc2ccccc2)N2CCCc3ccccc32)cc1. The number of hydrogen-bond donors (Lipinski definition) is 0. The average molecular weight is 349 g/mol. The lowest BCUT2D eigenvalue weighted by atomic mass is 10.0. The molecule has 0 spiro atoms. The molecule has 25 heavy (non-hydrogen) atoms. The summed E-state index contributed by atoms with van der Waals surface area (Å²) in [6.07, 6.45) is 2.21. The fourth-order valence-electron chi connectivity index (χ4n) is 2.94. The van der Waals surface area contributed by atoms with Gasteiger partial charge in [-0.3, -0.25) is 4.67 Å². The number of anilines is 1. The number of hydrogen-bond acceptors (Lipinski definition) is 3.